The molecular weight excluding hydrogens is 244 g/mol. The quantitative estimate of drug-likeness (QED) is 0.758. The molecule has 0 unspecified atom stereocenters. The van der Waals surface area contributed by atoms with Crippen LogP contribution in [0, 0.1) is 0 Å². The lowest BCUT2D eigenvalue weighted by Crippen LogP contribution is -2.25. The zero-order chi connectivity index (χ0) is 13.0. The summed E-state index contributed by atoms with van der Waals surface area (Å²) in [6.07, 6.45) is 5.26. The minimum atomic E-state index is 0.457. The zero-order valence-corrected chi connectivity index (χ0v) is 12.2. The van der Waals surface area contributed by atoms with Crippen molar-refractivity contribution < 1.29 is 0 Å². The Hall–Kier alpha value is -0.760. The molecule has 3 heteroatoms. The second kappa shape index (κ2) is 6.42. The van der Waals surface area contributed by atoms with Crippen molar-refractivity contribution in [1.82, 2.24) is 4.98 Å². The van der Waals surface area contributed by atoms with Crippen LogP contribution in [-0.2, 0) is 5.88 Å². The molecule has 1 aromatic heterocycles. The third kappa shape index (κ3) is 3.38. The molecule has 1 aliphatic heterocycles. The van der Waals surface area contributed by atoms with Gasteiger partial charge in [0.05, 0.1) is 0 Å². The molecule has 18 heavy (non-hydrogen) atoms. The Morgan fingerprint density at radius 1 is 1.17 bits per heavy atom. The third-order valence-corrected chi connectivity index (χ3v) is 3.88. The lowest BCUT2D eigenvalue weighted by molar-refractivity contribution is 0.726. The summed E-state index contributed by atoms with van der Waals surface area (Å²) in [5, 5.41) is 0. The van der Waals surface area contributed by atoms with Crippen molar-refractivity contribution in [1.29, 1.82) is 0 Å². The Kier molecular flexibility index (Phi) is 4.87. The molecule has 100 valence electrons. The second-order valence-electron chi connectivity index (χ2n) is 5.45. The van der Waals surface area contributed by atoms with Crippen LogP contribution in [0.25, 0.3) is 0 Å². The first-order chi connectivity index (χ1) is 8.70. The van der Waals surface area contributed by atoms with Crippen LogP contribution >= 0.6 is 11.6 Å². The Morgan fingerprint density at radius 2 is 1.83 bits per heavy atom. The van der Waals surface area contributed by atoms with Crippen LogP contribution in [0.5, 0.6) is 0 Å². The van der Waals surface area contributed by atoms with Gasteiger partial charge in [0.15, 0.2) is 0 Å². The van der Waals surface area contributed by atoms with Gasteiger partial charge < -0.3 is 4.90 Å². The third-order valence-electron chi connectivity index (χ3n) is 3.57. The molecule has 2 nitrogen and oxygen atoms in total. The summed E-state index contributed by atoms with van der Waals surface area (Å²) >= 11 is 6.00. The van der Waals surface area contributed by atoms with Crippen molar-refractivity contribution in [2.45, 2.75) is 51.3 Å². The predicted octanol–water partition coefficient (Wildman–Crippen LogP) is 4.32. The summed E-state index contributed by atoms with van der Waals surface area (Å²) < 4.78 is 0. The van der Waals surface area contributed by atoms with Crippen LogP contribution in [0.15, 0.2) is 12.1 Å². The van der Waals surface area contributed by atoms with Gasteiger partial charge >= 0.3 is 0 Å². The highest BCUT2D eigenvalue weighted by molar-refractivity contribution is 6.17. The van der Waals surface area contributed by atoms with E-state index in [2.05, 4.69) is 30.9 Å². The molecule has 2 heterocycles. The van der Waals surface area contributed by atoms with Crippen LogP contribution in [0.4, 0.5) is 5.82 Å². The van der Waals surface area contributed by atoms with E-state index >= 15 is 0 Å². The van der Waals surface area contributed by atoms with Crippen molar-refractivity contribution >= 4 is 17.4 Å². The molecule has 1 saturated heterocycles. The molecule has 0 saturated carbocycles. The van der Waals surface area contributed by atoms with E-state index in [1.165, 1.54) is 31.2 Å². The van der Waals surface area contributed by atoms with Gasteiger partial charge in [-0.05, 0) is 36.5 Å². The van der Waals surface area contributed by atoms with Crippen LogP contribution in [0.2, 0.25) is 0 Å². The number of anilines is 1. The standard InChI is InChI=1S/C15H23ClN2/c1-12(2)14-9-13(11-16)10-15(17-14)18-7-5-3-4-6-8-18/h9-10,12H,3-8,11H2,1-2H3. The fraction of sp³-hybridized carbons (Fsp3) is 0.667. The molecule has 1 fully saturated rings. The number of aromatic nitrogens is 1. The van der Waals surface area contributed by atoms with Crippen molar-refractivity contribution in [2.24, 2.45) is 0 Å². The maximum absolute atomic E-state index is 6.00. The fourth-order valence-electron chi connectivity index (χ4n) is 2.43. The van der Waals surface area contributed by atoms with E-state index in [4.69, 9.17) is 16.6 Å². The topological polar surface area (TPSA) is 16.1 Å². The Balaban J connectivity index is 2.27. The highest BCUT2D eigenvalue weighted by Crippen LogP contribution is 2.23. The number of nitrogens with zero attached hydrogens (tertiary/aromatic N) is 2. The summed E-state index contributed by atoms with van der Waals surface area (Å²) in [6.45, 7) is 6.64. The molecular formula is C15H23ClN2. The molecule has 0 aromatic carbocycles. The van der Waals surface area contributed by atoms with Crippen LogP contribution < -0.4 is 4.90 Å². The monoisotopic (exact) mass is 266 g/mol. The molecule has 0 aliphatic carbocycles. The van der Waals surface area contributed by atoms with E-state index in [9.17, 15) is 0 Å². The van der Waals surface area contributed by atoms with Crippen molar-refractivity contribution in [3.05, 3.63) is 23.4 Å². The van der Waals surface area contributed by atoms with Crippen molar-refractivity contribution in [3.63, 3.8) is 0 Å². The van der Waals surface area contributed by atoms with Gasteiger partial charge in [-0.25, -0.2) is 4.98 Å². The highest BCUT2D eigenvalue weighted by atomic mass is 35.5. The van der Waals surface area contributed by atoms with E-state index in [-0.39, 0.29) is 0 Å². The summed E-state index contributed by atoms with van der Waals surface area (Å²) in [5.74, 6) is 2.15. The first kappa shape index (κ1) is 13.7. The zero-order valence-electron chi connectivity index (χ0n) is 11.5. The van der Waals surface area contributed by atoms with Crippen LogP contribution in [0.3, 0.4) is 0 Å². The molecule has 2 rings (SSSR count). The molecule has 0 N–H and O–H groups in total. The Morgan fingerprint density at radius 3 is 2.39 bits per heavy atom. The molecule has 0 bridgehead atoms. The molecule has 0 radical (unpaired) electrons. The van der Waals surface area contributed by atoms with Crippen LogP contribution in [0.1, 0.15) is 56.7 Å². The number of rotatable bonds is 3. The van der Waals surface area contributed by atoms with Gasteiger partial charge in [-0.2, -0.15) is 0 Å². The number of hydrogen-bond acceptors (Lipinski definition) is 2. The average Bonchev–Trinajstić information content (AvgIpc) is 2.67. The minimum absolute atomic E-state index is 0.457. The van der Waals surface area contributed by atoms with Gasteiger partial charge in [0.2, 0.25) is 0 Å². The molecule has 1 aliphatic rings. The minimum Gasteiger partial charge on any atom is -0.357 e. The predicted molar refractivity (Wildman–Crippen MR) is 78.6 cm³/mol. The van der Waals surface area contributed by atoms with Crippen LogP contribution in [-0.4, -0.2) is 18.1 Å². The maximum Gasteiger partial charge on any atom is 0.129 e. The first-order valence-electron chi connectivity index (χ1n) is 7.02. The van der Waals surface area contributed by atoms with E-state index in [1.807, 2.05) is 0 Å². The van der Waals surface area contributed by atoms with Gasteiger partial charge in [-0.3, -0.25) is 0 Å². The maximum atomic E-state index is 6.00. The summed E-state index contributed by atoms with van der Waals surface area (Å²) in [5.41, 5.74) is 2.35. The molecule has 0 spiro atoms. The number of pyridine rings is 1. The Labute approximate surface area is 115 Å². The number of halogens is 1. The van der Waals surface area contributed by atoms with Gasteiger partial charge in [0, 0.05) is 24.7 Å². The van der Waals surface area contributed by atoms with E-state index < -0.39 is 0 Å². The number of hydrogen-bond donors (Lipinski definition) is 0. The largest absolute Gasteiger partial charge is 0.357 e. The number of alkyl halides is 1. The van der Waals surface area contributed by atoms with E-state index in [0.29, 0.717) is 11.8 Å². The van der Waals surface area contributed by atoms with E-state index in [0.717, 1.165) is 24.6 Å². The van der Waals surface area contributed by atoms with Crippen molar-refractivity contribution in [3.8, 4) is 0 Å². The van der Waals surface area contributed by atoms with Gasteiger partial charge in [-0.1, -0.05) is 26.7 Å². The Bertz CT molecular complexity index is 382. The average molecular weight is 267 g/mol. The highest BCUT2D eigenvalue weighted by Gasteiger charge is 2.13. The van der Waals surface area contributed by atoms with E-state index in [1.54, 1.807) is 0 Å². The van der Waals surface area contributed by atoms with Gasteiger partial charge in [-0.15, -0.1) is 11.6 Å². The molecule has 0 atom stereocenters. The summed E-state index contributed by atoms with van der Waals surface area (Å²) in [6, 6.07) is 4.29. The normalized spacial score (nSPS) is 17.0. The first-order valence-corrected chi connectivity index (χ1v) is 7.56. The summed E-state index contributed by atoms with van der Waals surface area (Å²) in [7, 11) is 0. The molecule has 1 aromatic rings. The molecule has 0 amide bonds. The van der Waals surface area contributed by atoms with Gasteiger partial charge in [0.25, 0.3) is 0 Å². The second-order valence-corrected chi connectivity index (χ2v) is 5.72. The van der Waals surface area contributed by atoms with Gasteiger partial charge in [0.1, 0.15) is 5.82 Å². The lowest BCUT2D eigenvalue weighted by Gasteiger charge is -2.23. The lowest BCUT2D eigenvalue weighted by atomic mass is 10.1. The van der Waals surface area contributed by atoms with Crippen molar-refractivity contribution in [2.75, 3.05) is 18.0 Å². The SMILES string of the molecule is CC(C)c1cc(CCl)cc(N2CCCCCC2)n1. The smallest absolute Gasteiger partial charge is 0.129 e. The summed E-state index contributed by atoms with van der Waals surface area (Å²) in [4.78, 5) is 7.24. The fourth-order valence-corrected chi connectivity index (χ4v) is 2.58.